The molecule has 2 aromatic rings. The first kappa shape index (κ1) is 18.8. The Kier molecular flexibility index (Phi) is 6.19. The van der Waals surface area contributed by atoms with E-state index in [0.29, 0.717) is 17.0 Å². The molecule has 0 radical (unpaired) electrons. The quantitative estimate of drug-likeness (QED) is 0.477. The van der Waals surface area contributed by atoms with Crippen LogP contribution in [0.4, 0.5) is 0 Å². The number of nitrogens with zero attached hydrogens (tertiary/aromatic N) is 3. The molecule has 0 saturated heterocycles. The zero-order valence-electron chi connectivity index (χ0n) is 15.4. The van der Waals surface area contributed by atoms with E-state index in [-0.39, 0.29) is 11.2 Å². The second kappa shape index (κ2) is 8.58. The fourth-order valence-corrected chi connectivity index (χ4v) is 3.99. The molecule has 1 aliphatic rings. The molecule has 1 aromatic heterocycles. The van der Waals surface area contributed by atoms with Crippen molar-refractivity contribution in [3.8, 4) is 11.4 Å². The monoisotopic (exact) mass is 373 g/mol. The van der Waals surface area contributed by atoms with Gasteiger partial charge in [-0.15, -0.1) is 10.2 Å². The average Bonchev–Trinajstić information content (AvgIpc) is 2.83. The standard InChI is InChI=1S/C19H27N5OS/c1-13-9-11-15(12-10-13)17-22-23-19(24(17)20)26-14(2)18(25)21-16-7-5-3-4-6-8-16/h9-12,14,16H,3-8,20H2,1-2H3,(H,21,25)/t14-/m0/s1. The van der Waals surface area contributed by atoms with Crippen molar-refractivity contribution in [2.24, 2.45) is 0 Å². The molecule has 7 heteroatoms. The molecule has 6 nitrogen and oxygen atoms in total. The number of amides is 1. The number of carbonyl (C=O) groups is 1. The topological polar surface area (TPSA) is 85.8 Å². The lowest BCUT2D eigenvalue weighted by Crippen LogP contribution is -2.39. The molecule has 1 fully saturated rings. The number of nitrogens with two attached hydrogens (primary N) is 1. The molecular formula is C19H27N5OS. The normalized spacial score (nSPS) is 16.8. The van der Waals surface area contributed by atoms with Crippen molar-refractivity contribution >= 4 is 17.7 Å². The fourth-order valence-electron chi connectivity index (χ4n) is 3.21. The lowest BCUT2D eigenvalue weighted by Gasteiger charge is -2.19. The summed E-state index contributed by atoms with van der Waals surface area (Å²) in [6.45, 7) is 3.92. The van der Waals surface area contributed by atoms with Gasteiger partial charge in [-0.2, -0.15) is 0 Å². The van der Waals surface area contributed by atoms with Crippen LogP contribution in [0.1, 0.15) is 51.0 Å². The number of rotatable bonds is 5. The number of carbonyl (C=O) groups excluding carboxylic acids is 1. The lowest BCUT2D eigenvalue weighted by atomic mass is 10.1. The van der Waals surface area contributed by atoms with Crippen LogP contribution in [0.25, 0.3) is 11.4 Å². The highest BCUT2D eigenvalue weighted by molar-refractivity contribution is 8.00. The Bertz CT molecular complexity index is 735. The summed E-state index contributed by atoms with van der Waals surface area (Å²) < 4.78 is 1.46. The Balaban J connectivity index is 1.63. The summed E-state index contributed by atoms with van der Waals surface area (Å²) in [6, 6.07) is 8.27. The van der Waals surface area contributed by atoms with E-state index in [1.165, 1.54) is 47.7 Å². The molecule has 26 heavy (non-hydrogen) atoms. The maximum Gasteiger partial charge on any atom is 0.233 e. The van der Waals surface area contributed by atoms with Gasteiger partial charge in [0.2, 0.25) is 11.1 Å². The fraction of sp³-hybridized carbons (Fsp3) is 0.526. The van der Waals surface area contributed by atoms with Gasteiger partial charge in [-0.1, -0.05) is 67.3 Å². The molecular weight excluding hydrogens is 346 g/mol. The number of hydrogen-bond acceptors (Lipinski definition) is 5. The number of aryl methyl sites for hydroxylation is 1. The zero-order chi connectivity index (χ0) is 18.5. The predicted molar refractivity (Wildman–Crippen MR) is 105 cm³/mol. The summed E-state index contributed by atoms with van der Waals surface area (Å²) in [5.74, 6) is 6.81. The largest absolute Gasteiger partial charge is 0.352 e. The Morgan fingerprint density at radius 2 is 1.85 bits per heavy atom. The number of benzene rings is 1. The van der Waals surface area contributed by atoms with Crippen molar-refractivity contribution in [3.63, 3.8) is 0 Å². The maximum atomic E-state index is 12.5. The number of aromatic nitrogens is 3. The van der Waals surface area contributed by atoms with E-state index in [4.69, 9.17) is 5.84 Å². The summed E-state index contributed by atoms with van der Waals surface area (Å²) >= 11 is 1.34. The molecule has 0 aliphatic heterocycles. The minimum Gasteiger partial charge on any atom is -0.352 e. The summed E-state index contributed by atoms with van der Waals surface area (Å²) in [5, 5.41) is 11.8. The Hall–Kier alpha value is -2.02. The van der Waals surface area contributed by atoms with Crippen LogP contribution in [-0.2, 0) is 4.79 Å². The van der Waals surface area contributed by atoms with Crippen LogP contribution < -0.4 is 11.2 Å². The van der Waals surface area contributed by atoms with Gasteiger partial charge in [-0.25, -0.2) is 4.68 Å². The van der Waals surface area contributed by atoms with Crippen LogP contribution >= 0.6 is 11.8 Å². The van der Waals surface area contributed by atoms with Crippen LogP contribution in [0.5, 0.6) is 0 Å². The van der Waals surface area contributed by atoms with Crippen LogP contribution in [0.15, 0.2) is 29.4 Å². The van der Waals surface area contributed by atoms with Crippen molar-refractivity contribution in [2.45, 2.75) is 68.8 Å². The second-order valence-electron chi connectivity index (χ2n) is 7.00. The molecule has 0 unspecified atom stereocenters. The zero-order valence-corrected chi connectivity index (χ0v) is 16.3. The summed E-state index contributed by atoms with van der Waals surface area (Å²) in [5.41, 5.74) is 2.09. The summed E-state index contributed by atoms with van der Waals surface area (Å²) in [6.07, 6.45) is 7.10. The minimum absolute atomic E-state index is 0.0433. The lowest BCUT2D eigenvalue weighted by molar-refractivity contribution is -0.121. The second-order valence-corrected chi connectivity index (χ2v) is 8.31. The molecule has 140 valence electrons. The molecule has 1 saturated carbocycles. The Labute approximate surface area is 158 Å². The highest BCUT2D eigenvalue weighted by Crippen LogP contribution is 2.25. The molecule has 1 atom stereocenters. The third kappa shape index (κ3) is 4.58. The van der Waals surface area contributed by atoms with E-state index in [9.17, 15) is 4.79 Å². The van der Waals surface area contributed by atoms with Crippen molar-refractivity contribution in [2.75, 3.05) is 5.84 Å². The molecule has 3 N–H and O–H groups in total. The van der Waals surface area contributed by atoms with Gasteiger partial charge in [0.15, 0.2) is 5.82 Å². The van der Waals surface area contributed by atoms with Crippen LogP contribution in [0, 0.1) is 6.92 Å². The molecule has 1 aliphatic carbocycles. The molecule has 0 spiro atoms. The first-order valence-corrected chi connectivity index (χ1v) is 10.2. The number of nitrogens with one attached hydrogen (secondary N) is 1. The highest BCUT2D eigenvalue weighted by atomic mass is 32.2. The van der Waals surface area contributed by atoms with E-state index in [1.54, 1.807) is 0 Å². The van der Waals surface area contributed by atoms with E-state index < -0.39 is 0 Å². The van der Waals surface area contributed by atoms with E-state index in [1.807, 2.05) is 38.1 Å². The third-order valence-corrected chi connectivity index (χ3v) is 5.88. The maximum absolute atomic E-state index is 12.5. The first-order valence-electron chi connectivity index (χ1n) is 9.29. The summed E-state index contributed by atoms with van der Waals surface area (Å²) in [4.78, 5) is 12.5. The van der Waals surface area contributed by atoms with Crippen molar-refractivity contribution in [1.29, 1.82) is 0 Å². The van der Waals surface area contributed by atoms with E-state index >= 15 is 0 Å². The van der Waals surface area contributed by atoms with E-state index in [0.717, 1.165) is 18.4 Å². The van der Waals surface area contributed by atoms with Gasteiger partial charge >= 0.3 is 0 Å². The predicted octanol–water partition coefficient (Wildman–Crippen LogP) is 3.29. The number of nitrogen functional groups attached to an aromatic ring is 1. The van der Waals surface area contributed by atoms with Gasteiger partial charge in [0.1, 0.15) is 0 Å². The van der Waals surface area contributed by atoms with Crippen molar-refractivity contribution in [3.05, 3.63) is 29.8 Å². The van der Waals surface area contributed by atoms with Crippen LogP contribution in [-0.4, -0.2) is 32.1 Å². The van der Waals surface area contributed by atoms with E-state index in [2.05, 4.69) is 15.5 Å². The van der Waals surface area contributed by atoms with Gasteiger partial charge in [-0.3, -0.25) is 4.79 Å². The number of hydrogen-bond donors (Lipinski definition) is 2. The van der Waals surface area contributed by atoms with Gasteiger partial charge in [0.25, 0.3) is 0 Å². The van der Waals surface area contributed by atoms with Gasteiger partial charge in [0.05, 0.1) is 5.25 Å². The molecule has 1 amide bonds. The van der Waals surface area contributed by atoms with Crippen molar-refractivity contribution in [1.82, 2.24) is 20.2 Å². The van der Waals surface area contributed by atoms with Crippen LogP contribution in [0.3, 0.4) is 0 Å². The van der Waals surface area contributed by atoms with Gasteiger partial charge in [0, 0.05) is 11.6 Å². The van der Waals surface area contributed by atoms with Crippen LogP contribution in [0.2, 0.25) is 0 Å². The third-order valence-electron chi connectivity index (χ3n) is 4.83. The molecule has 3 rings (SSSR count). The first-order chi connectivity index (χ1) is 12.5. The highest BCUT2D eigenvalue weighted by Gasteiger charge is 2.22. The Morgan fingerprint density at radius 3 is 2.50 bits per heavy atom. The summed E-state index contributed by atoms with van der Waals surface area (Å²) in [7, 11) is 0. The smallest absolute Gasteiger partial charge is 0.233 e. The average molecular weight is 374 g/mol. The van der Waals surface area contributed by atoms with Gasteiger partial charge in [-0.05, 0) is 26.7 Å². The number of thioether (sulfide) groups is 1. The Morgan fingerprint density at radius 1 is 1.19 bits per heavy atom. The van der Waals surface area contributed by atoms with Gasteiger partial charge < -0.3 is 11.2 Å². The molecule has 1 heterocycles. The SMILES string of the molecule is Cc1ccc(-c2nnc(S[C@@H](C)C(=O)NC3CCCCCC3)n2N)cc1. The molecule has 0 bridgehead atoms. The van der Waals surface area contributed by atoms with Crippen molar-refractivity contribution < 1.29 is 4.79 Å². The minimum atomic E-state index is -0.268. The molecule has 1 aromatic carbocycles.